The molecule has 28 heavy (non-hydrogen) atoms. The normalized spacial score (nSPS) is 16.1. The minimum Gasteiger partial charge on any atom is -0.444 e. The first kappa shape index (κ1) is 21.7. The van der Waals surface area contributed by atoms with Crippen LogP contribution in [0, 0.1) is 11.3 Å². The fourth-order valence-corrected chi connectivity index (χ4v) is 3.42. The minimum absolute atomic E-state index is 0.122. The number of nitrogens with one attached hydrogen (secondary N) is 1. The molecule has 2 amide bonds. The zero-order valence-electron chi connectivity index (χ0n) is 17.2. The highest BCUT2D eigenvalue weighted by Crippen LogP contribution is 2.35. The van der Waals surface area contributed by atoms with E-state index in [0.717, 1.165) is 12.0 Å². The molecule has 0 bridgehead atoms. The van der Waals surface area contributed by atoms with Crippen LogP contribution in [0.1, 0.15) is 58.4 Å². The lowest BCUT2D eigenvalue weighted by molar-refractivity contribution is -0.132. The number of carbonyl (C=O) groups is 2. The molecule has 0 atom stereocenters. The molecule has 1 heterocycles. The van der Waals surface area contributed by atoms with Crippen molar-refractivity contribution >= 4 is 12.0 Å². The third-order valence-electron chi connectivity index (χ3n) is 5.00. The van der Waals surface area contributed by atoms with Gasteiger partial charge in [-0.05, 0) is 52.0 Å². The van der Waals surface area contributed by atoms with Gasteiger partial charge in [0.15, 0.2) is 0 Å². The number of hydrogen-bond donors (Lipinski definition) is 1. The van der Waals surface area contributed by atoms with Crippen LogP contribution in [0.15, 0.2) is 30.3 Å². The molecule has 0 unspecified atom stereocenters. The zero-order chi connectivity index (χ0) is 20.6. The molecule has 6 nitrogen and oxygen atoms in total. The van der Waals surface area contributed by atoms with Gasteiger partial charge >= 0.3 is 6.09 Å². The number of likely N-dealkylation sites (tertiary alicyclic amines) is 1. The van der Waals surface area contributed by atoms with Crippen molar-refractivity contribution in [3.8, 4) is 6.07 Å². The number of piperidine rings is 1. The van der Waals surface area contributed by atoms with Gasteiger partial charge in [0.1, 0.15) is 5.60 Å². The maximum atomic E-state index is 12.4. The summed E-state index contributed by atoms with van der Waals surface area (Å²) in [5.74, 6) is 0.122. The summed E-state index contributed by atoms with van der Waals surface area (Å²) in [7, 11) is 0. The molecule has 1 N–H and O–H groups in total. The predicted octanol–water partition coefficient (Wildman–Crippen LogP) is 3.77. The molecule has 1 aromatic carbocycles. The number of rotatable bonds is 6. The molecule has 2 rings (SSSR count). The standard InChI is InChI=1S/C22H31N3O3/c1-21(2,3)28-20(27)24-14-8-7-11-19(26)25-15-12-22(17-23,13-16-25)18-9-5-4-6-10-18/h4-6,9-10H,7-8,11-16H2,1-3H3,(H,24,27). The van der Waals surface area contributed by atoms with E-state index in [4.69, 9.17) is 4.74 Å². The average molecular weight is 386 g/mol. The Bertz CT molecular complexity index is 696. The van der Waals surface area contributed by atoms with Gasteiger partial charge in [0.05, 0.1) is 11.5 Å². The van der Waals surface area contributed by atoms with E-state index in [2.05, 4.69) is 11.4 Å². The van der Waals surface area contributed by atoms with Crippen molar-refractivity contribution in [2.75, 3.05) is 19.6 Å². The van der Waals surface area contributed by atoms with Crippen LogP contribution in [0.3, 0.4) is 0 Å². The van der Waals surface area contributed by atoms with Crippen molar-refractivity contribution < 1.29 is 14.3 Å². The Morgan fingerprint density at radius 1 is 1.18 bits per heavy atom. The second-order valence-corrected chi connectivity index (χ2v) is 8.33. The Balaban J connectivity index is 1.70. The summed E-state index contributed by atoms with van der Waals surface area (Å²) in [5, 5.41) is 12.4. The lowest BCUT2D eigenvalue weighted by atomic mass is 9.74. The van der Waals surface area contributed by atoms with Crippen molar-refractivity contribution in [3.63, 3.8) is 0 Å². The summed E-state index contributed by atoms with van der Waals surface area (Å²) in [6.45, 7) is 7.18. The Hall–Kier alpha value is -2.55. The van der Waals surface area contributed by atoms with Gasteiger partial charge in [-0.1, -0.05) is 30.3 Å². The van der Waals surface area contributed by atoms with Crippen LogP contribution in [-0.4, -0.2) is 42.1 Å². The van der Waals surface area contributed by atoms with Gasteiger partial charge in [-0.3, -0.25) is 4.79 Å². The molecular weight excluding hydrogens is 354 g/mol. The molecule has 152 valence electrons. The van der Waals surface area contributed by atoms with E-state index in [0.29, 0.717) is 45.3 Å². The first-order valence-corrected chi connectivity index (χ1v) is 9.97. The Kier molecular flexibility index (Phi) is 7.45. The maximum absolute atomic E-state index is 12.4. The Labute approximate surface area is 167 Å². The summed E-state index contributed by atoms with van der Waals surface area (Å²) in [6, 6.07) is 12.3. The van der Waals surface area contributed by atoms with Gasteiger partial charge in [-0.15, -0.1) is 0 Å². The number of unbranched alkanes of at least 4 members (excludes halogenated alkanes) is 1. The molecule has 0 saturated carbocycles. The van der Waals surface area contributed by atoms with Crippen LogP contribution in [0.2, 0.25) is 0 Å². The quantitative estimate of drug-likeness (QED) is 0.756. The van der Waals surface area contributed by atoms with Crippen LogP contribution in [0.25, 0.3) is 0 Å². The molecule has 1 aliphatic rings. The van der Waals surface area contributed by atoms with Gasteiger partial charge in [-0.2, -0.15) is 5.26 Å². The topological polar surface area (TPSA) is 82.4 Å². The molecule has 1 aliphatic heterocycles. The highest BCUT2D eigenvalue weighted by Gasteiger charge is 2.37. The zero-order valence-corrected chi connectivity index (χ0v) is 17.2. The highest BCUT2D eigenvalue weighted by atomic mass is 16.6. The van der Waals surface area contributed by atoms with Crippen molar-refractivity contribution in [1.82, 2.24) is 10.2 Å². The third kappa shape index (κ3) is 6.26. The third-order valence-corrected chi connectivity index (χ3v) is 5.00. The maximum Gasteiger partial charge on any atom is 0.407 e. The number of benzene rings is 1. The second kappa shape index (κ2) is 9.59. The number of nitriles is 1. The predicted molar refractivity (Wildman–Crippen MR) is 108 cm³/mol. The van der Waals surface area contributed by atoms with Crippen LogP contribution >= 0.6 is 0 Å². The van der Waals surface area contributed by atoms with Crippen molar-refractivity contribution in [3.05, 3.63) is 35.9 Å². The number of amides is 2. The largest absolute Gasteiger partial charge is 0.444 e. The first-order valence-electron chi connectivity index (χ1n) is 9.97. The molecule has 1 saturated heterocycles. The summed E-state index contributed by atoms with van der Waals surface area (Å²) in [4.78, 5) is 25.9. The van der Waals surface area contributed by atoms with E-state index in [-0.39, 0.29) is 5.91 Å². The summed E-state index contributed by atoms with van der Waals surface area (Å²) in [5.41, 5.74) is 0.0417. The monoisotopic (exact) mass is 385 g/mol. The lowest BCUT2D eigenvalue weighted by Gasteiger charge is -2.37. The summed E-state index contributed by atoms with van der Waals surface area (Å²) < 4.78 is 5.18. The van der Waals surface area contributed by atoms with E-state index < -0.39 is 17.1 Å². The highest BCUT2D eigenvalue weighted by molar-refractivity contribution is 5.76. The number of hydrogen-bond acceptors (Lipinski definition) is 4. The number of nitrogens with zero attached hydrogens (tertiary/aromatic N) is 2. The summed E-state index contributed by atoms with van der Waals surface area (Å²) >= 11 is 0. The van der Waals surface area contributed by atoms with Crippen LogP contribution < -0.4 is 5.32 Å². The van der Waals surface area contributed by atoms with Gasteiger partial charge in [0.2, 0.25) is 5.91 Å². The fraction of sp³-hybridized carbons (Fsp3) is 0.591. The Morgan fingerprint density at radius 2 is 1.82 bits per heavy atom. The first-order chi connectivity index (χ1) is 13.3. The average Bonchev–Trinajstić information content (AvgIpc) is 2.67. The van der Waals surface area contributed by atoms with E-state index in [9.17, 15) is 14.9 Å². The molecule has 0 spiro atoms. The van der Waals surface area contributed by atoms with Gasteiger partial charge < -0.3 is 15.0 Å². The van der Waals surface area contributed by atoms with Crippen molar-refractivity contribution in [2.24, 2.45) is 0 Å². The van der Waals surface area contributed by atoms with Crippen LogP contribution in [0.4, 0.5) is 4.79 Å². The van der Waals surface area contributed by atoms with E-state index in [1.165, 1.54) is 0 Å². The summed E-state index contributed by atoms with van der Waals surface area (Å²) in [6.07, 6.45) is 2.81. The number of ether oxygens (including phenoxy) is 1. The SMILES string of the molecule is CC(C)(C)OC(=O)NCCCCC(=O)N1CCC(C#N)(c2ccccc2)CC1. The van der Waals surface area contributed by atoms with Crippen LogP contribution in [0.5, 0.6) is 0 Å². The fourth-order valence-electron chi connectivity index (χ4n) is 3.42. The Morgan fingerprint density at radius 3 is 2.39 bits per heavy atom. The smallest absolute Gasteiger partial charge is 0.407 e. The van der Waals surface area contributed by atoms with E-state index in [1.54, 1.807) is 0 Å². The van der Waals surface area contributed by atoms with Crippen molar-refractivity contribution in [1.29, 1.82) is 5.26 Å². The van der Waals surface area contributed by atoms with Gasteiger partial charge in [0, 0.05) is 26.1 Å². The van der Waals surface area contributed by atoms with Gasteiger partial charge in [0.25, 0.3) is 0 Å². The second-order valence-electron chi connectivity index (χ2n) is 8.33. The molecule has 1 aromatic rings. The van der Waals surface area contributed by atoms with Gasteiger partial charge in [-0.25, -0.2) is 4.79 Å². The van der Waals surface area contributed by atoms with E-state index in [1.807, 2.05) is 56.0 Å². The molecule has 1 fully saturated rings. The molecule has 0 aliphatic carbocycles. The molecular formula is C22H31N3O3. The van der Waals surface area contributed by atoms with E-state index >= 15 is 0 Å². The lowest BCUT2D eigenvalue weighted by Crippen LogP contribution is -2.44. The van der Waals surface area contributed by atoms with Crippen LogP contribution in [-0.2, 0) is 14.9 Å². The molecule has 6 heteroatoms. The molecule has 0 radical (unpaired) electrons. The number of alkyl carbamates (subject to hydrolysis) is 1. The van der Waals surface area contributed by atoms with Crippen molar-refractivity contribution in [2.45, 2.75) is 63.9 Å². The minimum atomic E-state index is -0.507. The number of carbonyl (C=O) groups excluding carboxylic acids is 2. The molecule has 0 aromatic heterocycles.